The third-order valence-electron chi connectivity index (χ3n) is 4.81. The van der Waals surface area contributed by atoms with Gasteiger partial charge in [-0.2, -0.15) is 0 Å². The normalized spacial score (nSPS) is 16.8. The largest absolute Gasteiger partial charge is 0.466 e. The maximum absolute atomic E-state index is 12.6. The fraction of sp³-hybridized carbons (Fsp3) is 0.565. The van der Waals surface area contributed by atoms with E-state index in [1.54, 1.807) is 29.2 Å². The second-order valence-electron chi connectivity index (χ2n) is 8.89. The average molecular weight is 447 g/mol. The summed E-state index contributed by atoms with van der Waals surface area (Å²) in [6.07, 6.45) is 1.56. The smallest absolute Gasteiger partial charge is 0.307 e. The van der Waals surface area contributed by atoms with Crippen LogP contribution in [0.25, 0.3) is 0 Å². The molecular weight excluding hydrogens is 412 g/mol. The fourth-order valence-electron chi connectivity index (χ4n) is 3.26. The summed E-state index contributed by atoms with van der Waals surface area (Å²) < 4.78 is 5.17. The van der Waals surface area contributed by atoms with E-state index in [0.717, 1.165) is 12.8 Å². The number of anilines is 1. The first-order valence-electron chi connectivity index (χ1n) is 11.0. The summed E-state index contributed by atoms with van der Waals surface area (Å²) in [4.78, 5) is 51.1. The Balaban J connectivity index is 1.98. The van der Waals surface area contributed by atoms with E-state index in [0.29, 0.717) is 30.9 Å². The number of amides is 3. The van der Waals surface area contributed by atoms with E-state index < -0.39 is 12.0 Å². The number of rotatable bonds is 9. The molecule has 9 nitrogen and oxygen atoms in total. The summed E-state index contributed by atoms with van der Waals surface area (Å²) in [5.74, 6) is -1.32. The van der Waals surface area contributed by atoms with Crippen molar-refractivity contribution in [3.05, 3.63) is 29.8 Å². The van der Waals surface area contributed by atoms with Crippen LogP contribution >= 0.6 is 0 Å². The van der Waals surface area contributed by atoms with Crippen molar-refractivity contribution in [2.45, 2.75) is 58.5 Å². The fourth-order valence-corrected chi connectivity index (χ4v) is 3.26. The molecule has 1 heterocycles. The minimum absolute atomic E-state index is 0.0568. The number of nitrogens with zero attached hydrogens (tertiary/aromatic N) is 1. The molecule has 1 aromatic carbocycles. The average Bonchev–Trinajstić information content (AvgIpc) is 2.69. The van der Waals surface area contributed by atoms with Gasteiger partial charge >= 0.3 is 5.97 Å². The number of esters is 1. The second-order valence-corrected chi connectivity index (χ2v) is 8.89. The molecule has 0 saturated carbocycles. The Labute approximate surface area is 189 Å². The molecule has 3 N–H and O–H groups in total. The molecule has 9 heteroatoms. The maximum atomic E-state index is 12.6. The number of nitrogens with one attached hydrogen (secondary N) is 3. The van der Waals surface area contributed by atoms with Crippen LogP contribution in [-0.4, -0.2) is 66.4 Å². The van der Waals surface area contributed by atoms with Crippen LogP contribution < -0.4 is 16.0 Å². The molecule has 3 amide bonds. The van der Waals surface area contributed by atoms with Gasteiger partial charge in [-0.25, -0.2) is 0 Å². The Morgan fingerprint density at radius 1 is 1.25 bits per heavy atom. The highest BCUT2D eigenvalue weighted by atomic mass is 16.5. The van der Waals surface area contributed by atoms with Crippen LogP contribution in [-0.2, 0) is 19.1 Å². The van der Waals surface area contributed by atoms with Gasteiger partial charge in [0.25, 0.3) is 5.91 Å². The number of piperazine rings is 1. The van der Waals surface area contributed by atoms with Crippen LogP contribution in [0, 0.1) is 0 Å². The predicted octanol–water partition coefficient (Wildman–Crippen LogP) is 1.69. The van der Waals surface area contributed by atoms with Crippen LogP contribution in [0.2, 0.25) is 0 Å². The first-order valence-corrected chi connectivity index (χ1v) is 11.0. The van der Waals surface area contributed by atoms with E-state index in [9.17, 15) is 19.2 Å². The van der Waals surface area contributed by atoms with E-state index in [1.165, 1.54) is 0 Å². The zero-order chi connectivity index (χ0) is 23.7. The molecule has 1 saturated heterocycles. The Bertz CT molecular complexity index is 834. The Hall–Kier alpha value is -2.94. The molecule has 1 unspecified atom stereocenters. The molecule has 1 atom stereocenters. The summed E-state index contributed by atoms with van der Waals surface area (Å²) in [7, 11) is 0. The Morgan fingerprint density at radius 3 is 2.69 bits per heavy atom. The van der Waals surface area contributed by atoms with Gasteiger partial charge in [-0.1, -0.05) is 19.4 Å². The molecule has 32 heavy (non-hydrogen) atoms. The lowest BCUT2D eigenvalue weighted by Crippen LogP contribution is -2.57. The van der Waals surface area contributed by atoms with Crippen molar-refractivity contribution >= 4 is 29.4 Å². The molecule has 176 valence electrons. The van der Waals surface area contributed by atoms with Crippen molar-refractivity contribution in [2.24, 2.45) is 0 Å². The van der Waals surface area contributed by atoms with Crippen LogP contribution in [0.15, 0.2) is 24.3 Å². The standard InChI is InChI=1S/C23H34N4O5/c1-5-6-12-32-20(29)14-18-22(31)24-10-11-27(18)15-19(28)25-17-9-7-8-16(13-17)21(30)26-23(2,3)4/h7-9,13,18H,5-6,10-12,14-15H2,1-4H3,(H,24,31)(H,25,28)(H,26,30). The van der Waals surface area contributed by atoms with Gasteiger partial charge in [0.1, 0.15) is 6.04 Å². The third kappa shape index (κ3) is 8.30. The van der Waals surface area contributed by atoms with Crippen molar-refractivity contribution < 1.29 is 23.9 Å². The number of carbonyl (C=O) groups excluding carboxylic acids is 4. The lowest BCUT2D eigenvalue weighted by Gasteiger charge is -2.33. The van der Waals surface area contributed by atoms with Gasteiger partial charge in [-0.3, -0.25) is 24.1 Å². The highest BCUT2D eigenvalue weighted by Gasteiger charge is 2.33. The van der Waals surface area contributed by atoms with E-state index >= 15 is 0 Å². The highest BCUT2D eigenvalue weighted by Crippen LogP contribution is 2.14. The highest BCUT2D eigenvalue weighted by molar-refractivity contribution is 5.98. The minimum Gasteiger partial charge on any atom is -0.466 e. The van der Waals surface area contributed by atoms with Crippen molar-refractivity contribution in [1.82, 2.24) is 15.5 Å². The summed E-state index contributed by atoms with van der Waals surface area (Å²) in [6, 6.07) is 5.90. The maximum Gasteiger partial charge on any atom is 0.307 e. The van der Waals surface area contributed by atoms with Gasteiger partial charge in [0.15, 0.2) is 0 Å². The second kappa shape index (κ2) is 11.6. The zero-order valence-electron chi connectivity index (χ0n) is 19.3. The van der Waals surface area contributed by atoms with Crippen molar-refractivity contribution in [2.75, 3.05) is 31.6 Å². The molecule has 0 radical (unpaired) electrons. The summed E-state index contributed by atoms with van der Waals surface area (Å²) >= 11 is 0. The number of ether oxygens (including phenoxy) is 1. The van der Waals surface area contributed by atoms with Gasteiger partial charge in [0, 0.05) is 29.9 Å². The number of hydrogen-bond donors (Lipinski definition) is 3. The van der Waals surface area contributed by atoms with Crippen molar-refractivity contribution in [3.8, 4) is 0 Å². The van der Waals surface area contributed by atoms with Crippen LogP contribution in [0.4, 0.5) is 5.69 Å². The summed E-state index contributed by atoms with van der Waals surface area (Å²) in [5.41, 5.74) is 0.536. The number of unbranched alkanes of at least 4 members (excludes halogenated alkanes) is 1. The molecule has 0 aromatic heterocycles. The Kier molecular flexibility index (Phi) is 9.19. The van der Waals surface area contributed by atoms with Gasteiger partial charge in [-0.05, 0) is 45.4 Å². The molecule has 0 spiro atoms. The SMILES string of the molecule is CCCCOC(=O)CC1C(=O)NCCN1CC(=O)Nc1cccc(C(=O)NC(C)(C)C)c1. The van der Waals surface area contributed by atoms with Crippen molar-refractivity contribution in [3.63, 3.8) is 0 Å². The quantitative estimate of drug-likeness (QED) is 0.393. The molecule has 2 rings (SSSR count). The number of hydrogen-bond acceptors (Lipinski definition) is 6. The molecule has 0 bridgehead atoms. The van der Waals surface area contributed by atoms with Crippen molar-refractivity contribution in [1.29, 1.82) is 0 Å². The zero-order valence-corrected chi connectivity index (χ0v) is 19.3. The Morgan fingerprint density at radius 2 is 2.00 bits per heavy atom. The predicted molar refractivity (Wildman–Crippen MR) is 121 cm³/mol. The molecule has 1 aliphatic rings. The van der Waals surface area contributed by atoms with Crippen LogP contribution in [0.3, 0.4) is 0 Å². The minimum atomic E-state index is -0.757. The van der Waals surface area contributed by atoms with E-state index in [4.69, 9.17) is 4.74 Å². The first-order chi connectivity index (χ1) is 15.1. The van der Waals surface area contributed by atoms with E-state index in [-0.39, 0.29) is 36.2 Å². The summed E-state index contributed by atoms with van der Waals surface area (Å²) in [6.45, 7) is 8.78. The van der Waals surface area contributed by atoms with Gasteiger partial charge in [0.2, 0.25) is 11.8 Å². The topological polar surface area (TPSA) is 117 Å². The third-order valence-corrected chi connectivity index (χ3v) is 4.81. The molecule has 1 aromatic rings. The molecular formula is C23H34N4O5. The molecule has 1 fully saturated rings. The van der Waals surface area contributed by atoms with Gasteiger partial charge in [0.05, 0.1) is 19.6 Å². The number of benzene rings is 1. The lowest BCUT2D eigenvalue weighted by atomic mass is 10.1. The lowest BCUT2D eigenvalue weighted by molar-refractivity contribution is -0.149. The molecule has 0 aliphatic carbocycles. The van der Waals surface area contributed by atoms with Gasteiger partial charge < -0.3 is 20.7 Å². The van der Waals surface area contributed by atoms with Crippen LogP contribution in [0.1, 0.15) is 57.3 Å². The number of carbonyl (C=O) groups is 4. The monoisotopic (exact) mass is 446 g/mol. The summed E-state index contributed by atoms with van der Waals surface area (Å²) in [5, 5.41) is 8.38. The first kappa shape index (κ1) is 25.3. The molecule has 1 aliphatic heterocycles. The van der Waals surface area contributed by atoms with E-state index in [1.807, 2.05) is 27.7 Å². The van der Waals surface area contributed by atoms with Crippen LogP contribution in [0.5, 0.6) is 0 Å². The van der Waals surface area contributed by atoms with Gasteiger partial charge in [-0.15, -0.1) is 0 Å². The van der Waals surface area contributed by atoms with E-state index in [2.05, 4.69) is 16.0 Å².